The Bertz CT molecular complexity index is 298. The van der Waals surface area contributed by atoms with Crippen LogP contribution in [0, 0.1) is 5.92 Å². The van der Waals surface area contributed by atoms with Crippen LogP contribution in [0.15, 0.2) is 4.99 Å². The quantitative estimate of drug-likeness (QED) is 0.404. The average molecular weight is 313 g/mol. The summed E-state index contributed by atoms with van der Waals surface area (Å²) in [4.78, 5) is 6.80. The molecule has 1 fully saturated rings. The normalized spacial score (nSPS) is 17.3. The maximum Gasteiger partial charge on any atom is 0.193 e. The van der Waals surface area contributed by atoms with E-state index in [4.69, 9.17) is 9.47 Å². The summed E-state index contributed by atoms with van der Waals surface area (Å²) in [7, 11) is 3.61. The number of rotatable bonds is 9. The fraction of sp³-hybridized carbons (Fsp3) is 0.941. The molecule has 1 N–H and O–H groups in total. The molecule has 1 saturated heterocycles. The maximum absolute atomic E-state index is 5.91. The fourth-order valence-electron chi connectivity index (χ4n) is 2.83. The van der Waals surface area contributed by atoms with E-state index in [-0.39, 0.29) is 0 Å². The van der Waals surface area contributed by atoms with Crippen LogP contribution < -0.4 is 5.32 Å². The van der Waals surface area contributed by atoms with Crippen molar-refractivity contribution < 1.29 is 9.47 Å². The van der Waals surface area contributed by atoms with Crippen molar-refractivity contribution in [1.29, 1.82) is 0 Å². The number of guanidine groups is 1. The molecule has 130 valence electrons. The number of ether oxygens (including phenoxy) is 2. The van der Waals surface area contributed by atoms with Crippen LogP contribution in [-0.4, -0.2) is 64.0 Å². The van der Waals surface area contributed by atoms with Gasteiger partial charge in [-0.1, -0.05) is 26.7 Å². The molecule has 0 aromatic heterocycles. The summed E-state index contributed by atoms with van der Waals surface area (Å²) in [5, 5.41) is 3.53. The Morgan fingerprint density at radius 3 is 2.45 bits per heavy atom. The molecule has 1 rings (SSSR count). The highest BCUT2D eigenvalue weighted by molar-refractivity contribution is 5.79. The van der Waals surface area contributed by atoms with Gasteiger partial charge in [-0.25, -0.2) is 0 Å². The maximum atomic E-state index is 5.91. The lowest BCUT2D eigenvalue weighted by molar-refractivity contribution is 0.00988. The molecule has 0 radical (unpaired) electrons. The Kier molecular flexibility index (Phi) is 10.2. The van der Waals surface area contributed by atoms with Crippen LogP contribution in [0.2, 0.25) is 0 Å². The van der Waals surface area contributed by atoms with Crippen molar-refractivity contribution in [3.8, 4) is 0 Å². The Morgan fingerprint density at radius 2 is 1.91 bits per heavy atom. The highest BCUT2D eigenvalue weighted by Gasteiger charge is 2.22. The van der Waals surface area contributed by atoms with E-state index in [9.17, 15) is 0 Å². The van der Waals surface area contributed by atoms with Gasteiger partial charge in [-0.3, -0.25) is 4.99 Å². The van der Waals surface area contributed by atoms with Crippen molar-refractivity contribution in [1.82, 2.24) is 10.2 Å². The Morgan fingerprint density at radius 1 is 1.23 bits per heavy atom. The topological polar surface area (TPSA) is 46.1 Å². The third-order valence-corrected chi connectivity index (χ3v) is 4.50. The van der Waals surface area contributed by atoms with E-state index >= 15 is 0 Å². The lowest BCUT2D eigenvalue weighted by Crippen LogP contribution is -2.48. The van der Waals surface area contributed by atoms with Crippen molar-refractivity contribution in [3.63, 3.8) is 0 Å². The SMILES string of the molecule is CCC(CC)CNC(=NC)N1CCC(OCCCOC)CC1. The molecule has 1 aliphatic rings. The summed E-state index contributed by atoms with van der Waals surface area (Å²) < 4.78 is 11.0. The summed E-state index contributed by atoms with van der Waals surface area (Å²) in [6.45, 7) is 9.17. The zero-order valence-corrected chi connectivity index (χ0v) is 14.9. The van der Waals surface area contributed by atoms with Gasteiger partial charge >= 0.3 is 0 Å². The zero-order valence-electron chi connectivity index (χ0n) is 14.9. The van der Waals surface area contributed by atoms with Gasteiger partial charge in [-0.15, -0.1) is 0 Å². The molecule has 5 heteroatoms. The standard InChI is InChI=1S/C17H35N3O2/c1-5-15(6-2)14-19-17(18-3)20-10-8-16(9-11-20)22-13-7-12-21-4/h15-16H,5-14H2,1-4H3,(H,18,19). The third kappa shape index (κ3) is 6.97. The van der Waals surface area contributed by atoms with E-state index in [0.29, 0.717) is 6.10 Å². The molecular formula is C17H35N3O2. The highest BCUT2D eigenvalue weighted by atomic mass is 16.5. The molecule has 5 nitrogen and oxygen atoms in total. The minimum absolute atomic E-state index is 0.394. The summed E-state index contributed by atoms with van der Waals surface area (Å²) in [6.07, 6.45) is 5.98. The third-order valence-electron chi connectivity index (χ3n) is 4.50. The number of likely N-dealkylation sites (tertiary alicyclic amines) is 1. The second-order valence-corrected chi connectivity index (χ2v) is 6.01. The summed E-state index contributed by atoms with van der Waals surface area (Å²) in [6, 6.07) is 0. The van der Waals surface area contributed by atoms with Crippen molar-refractivity contribution in [2.24, 2.45) is 10.9 Å². The molecule has 1 heterocycles. The van der Waals surface area contributed by atoms with E-state index in [2.05, 4.69) is 29.1 Å². The smallest absolute Gasteiger partial charge is 0.193 e. The average Bonchev–Trinajstić information content (AvgIpc) is 2.57. The molecule has 22 heavy (non-hydrogen) atoms. The van der Waals surface area contributed by atoms with E-state index in [1.165, 1.54) is 12.8 Å². The predicted octanol–water partition coefficient (Wildman–Crippen LogP) is 2.52. The number of nitrogens with one attached hydrogen (secondary N) is 1. The van der Waals surface area contributed by atoms with Crippen molar-refractivity contribution in [2.75, 3.05) is 47.0 Å². The summed E-state index contributed by atoms with van der Waals surface area (Å²) in [5.74, 6) is 1.78. The number of piperidine rings is 1. The van der Waals surface area contributed by atoms with Crippen LogP contribution in [0.3, 0.4) is 0 Å². The van der Waals surface area contributed by atoms with Gasteiger partial charge in [-0.05, 0) is 25.2 Å². The zero-order chi connectivity index (χ0) is 16.2. The number of methoxy groups -OCH3 is 1. The van der Waals surface area contributed by atoms with Crippen molar-refractivity contribution >= 4 is 5.96 Å². The van der Waals surface area contributed by atoms with Crippen LogP contribution in [0.5, 0.6) is 0 Å². The molecule has 0 unspecified atom stereocenters. The van der Waals surface area contributed by atoms with Gasteiger partial charge in [0.05, 0.1) is 6.10 Å². The monoisotopic (exact) mass is 313 g/mol. The highest BCUT2D eigenvalue weighted by Crippen LogP contribution is 2.14. The van der Waals surface area contributed by atoms with Gasteiger partial charge in [0.25, 0.3) is 0 Å². The van der Waals surface area contributed by atoms with Gasteiger partial charge in [-0.2, -0.15) is 0 Å². The van der Waals surface area contributed by atoms with Crippen molar-refractivity contribution in [2.45, 2.75) is 52.1 Å². The van der Waals surface area contributed by atoms with Gasteiger partial charge in [0.15, 0.2) is 5.96 Å². The van der Waals surface area contributed by atoms with E-state index in [0.717, 1.165) is 64.0 Å². The minimum Gasteiger partial charge on any atom is -0.385 e. The first-order valence-electron chi connectivity index (χ1n) is 8.81. The first-order chi connectivity index (χ1) is 10.7. The van der Waals surface area contributed by atoms with Crippen LogP contribution in [0.1, 0.15) is 46.0 Å². The number of aliphatic imine (C=N–C) groups is 1. The molecular weight excluding hydrogens is 278 g/mol. The number of hydrogen-bond acceptors (Lipinski definition) is 3. The fourth-order valence-corrected chi connectivity index (χ4v) is 2.83. The molecule has 1 aliphatic heterocycles. The van der Waals surface area contributed by atoms with Gasteiger partial charge in [0, 0.05) is 47.0 Å². The molecule has 0 spiro atoms. The summed E-state index contributed by atoms with van der Waals surface area (Å²) in [5.41, 5.74) is 0. The van der Waals surface area contributed by atoms with E-state index in [1.54, 1.807) is 7.11 Å². The van der Waals surface area contributed by atoms with Gasteiger partial charge < -0.3 is 19.7 Å². The lowest BCUT2D eigenvalue weighted by Gasteiger charge is -2.34. The number of hydrogen-bond donors (Lipinski definition) is 1. The van der Waals surface area contributed by atoms with Crippen LogP contribution in [0.25, 0.3) is 0 Å². The molecule has 0 aromatic carbocycles. The largest absolute Gasteiger partial charge is 0.385 e. The van der Waals surface area contributed by atoms with Crippen LogP contribution >= 0.6 is 0 Å². The second-order valence-electron chi connectivity index (χ2n) is 6.01. The molecule has 0 bridgehead atoms. The molecule has 0 aliphatic carbocycles. The Hall–Kier alpha value is -0.810. The number of nitrogens with zero attached hydrogens (tertiary/aromatic N) is 2. The summed E-state index contributed by atoms with van der Waals surface area (Å²) >= 11 is 0. The van der Waals surface area contributed by atoms with Crippen LogP contribution in [-0.2, 0) is 9.47 Å². The lowest BCUT2D eigenvalue weighted by atomic mass is 10.0. The first-order valence-corrected chi connectivity index (χ1v) is 8.81. The second kappa shape index (κ2) is 11.7. The van der Waals surface area contributed by atoms with Crippen LogP contribution in [0.4, 0.5) is 0 Å². The Balaban J connectivity index is 2.26. The van der Waals surface area contributed by atoms with E-state index in [1.807, 2.05) is 7.05 Å². The van der Waals surface area contributed by atoms with Gasteiger partial charge in [0.2, 0.25) is 0 Å². The minimum atomic E-state index is 0.394. The molecule has 0 aromatic rings. The molecule has 0 amide bonds. The molecule has 0 saturated carbocycles. The van der Waals surface area contributed by atoms with E-state index < -0.39 is 0 Å². The van der Waals surface area contributed by atoms with Crippen molar-refractivity contribution in [3.05, 3.63) is 0 Å². The predicted molar refractivity (Wildman–Crippen MR) is 92.5 cm³/mol. The molecule has 0 atom stereocenters. The van der Waals surface area contributed by atoms with Gasteiger partial charge in [0.1, 0.15) is 0 Å². The first kappa shape index (κ1) is 19.2. The Labute approximate surface area is 136 Å².